The average molecular weight is 311 g/mol. The van der Waals surface area contributed by atoms with Gasteiger partial charge in [-0.1, -0.05) is 0 Å². The number of hydrogen-bond donors (Lipinski definition) is 1. The quantitative estimate of drug-likeness (QED) is 0.916. The van der Waals surface area contributed by atoms with E-state index in [-0.39, 0.29) is 16.0 Å². The first-order valence-electron chi connectivity index (χ1n) is 6.42. The summed E-state index contributed by atoms with van der Waals surface area (Å²) in [6.45, 7) is 5.37. The predicted octanol–water partition coefficient (Wildman–Crippen LogP) is 2.73. The van der Waals surface area contributed by atoms with Crippen LogP contribution < -0.4 is 10.6 Å². The van der Waals surface area contributed by atoms with Crippen LogP contribution in [0.1, 0.15) is 13.8 Å². The zero-order chi connectivity index (χ0) is 15.4. The van der Waals surface area contributed by atoms with Crippen LogP contribution in [0.15, 0.2) is 28.3 Å². The maximum Gasteiger partial charge on any atom is 0.231 e. The highest BCUT2D eigenvalue weighted by Gasteiger charge is 2.13. The van der Waals surface area contributed by atoms with E-state index in [9.17, 15) is 8.78 Å². The highest BCUT2D eigenvalue weighted by Crippen LogP contribution is 2.28. The fourth-order valence-electron chi connectivity index (χ4n) is 1.71. The van der Waals surface area contributed by atoms with E-state index >= 15 is 0 Å². The van der Waals surface area contributed by atoms with Crippen molar-refractivity contribution in [3.63, 3.8) is 0 Å². The second-order valence-corrected chi connectivity index (χ2v) is 5.13. The lowest BCUT2D eigenvalue weighted by atomic mass is 10.3. The molecule has 2 aromatic rings. The van der Waals surface area contributed by atoms with Gasteiger partial charge in [0.2, 0.25) is 11.9 Å². The molecule has 0 aliphatic heterocycles. The predicted molar refractivity (Wildman–Crippen MR) is 78.3 cm³/mol. The van der Waals surface area contributed by atoms with Gasteiger partial charge in [-0.05, 0) is 37.7 Å². The van der Waals surface area contributed by atoms with Gasteiger partial charge in [-0.15, -0.1) is 0 Å². The van der Waals surface area contributed by atoms with Crippen LogP contribution in [0.4, 0.5) is 20.7 Å². The lowest BCUT2D eigenvalue weighted by Gasteiger charge is -2.18. The Morgan fingerprint density at radius 3 is 2.48 bits per heavy atom. The summed E-state index contributed by atoms with van der Waals surface area (Å²) in [6.07, 6.45) is 0. The Balaban J connectivity index is 2.31. The second kappa shape index (κ2) is 6.66. The number of aromatic nitrogens is 3. The normalized spacial score (nSPS) is 10.7. The summed E-state index contributed by atoms with van der Waals surface area (Å²) in [5.41, 5.74) is 5.67. The Labute approximate surface area is 125 Å². The number of anilines is 2. The fraction of sp³-hybridized carbons (Fsp3) is 0.308. The summed E-state index contributed by atoms with van der Waals surface area (Å²) >= 11 is 0.979. The van der Waals surface area contributed by atoms with Gasteiger partial charge in [0.05, 0.1) is 4.90 Å². The van der Waals surface area contributed by atoms with Crippen molar-refractivity contribution in [1.29, 1.82) is 0 Å². The van der Waals surface area contributed by atoms with Gasteiger partial charge >= 0.3 is 0 Å². The van der Waals surface area contributed by atoms with E-state index in [1.807, 2.05) is 18.7 Å². The number of rotatable bonds is 5. The molecule has 0 aliphatic carbocycles. The minimum atomic E-state index is -0.664. The Bertz CT molecular complexity index is 634. The first-order chi connectivity index (χ1) is 10.0. The number of hydrogen-bond acceptors (Lipinski definition) is 6. The number of benzene rings is 1. The van der Waals surface area contributed by atoms with Crippen LogP contribution in [0, 0.1) is 11.6 Å². The molecule has 0 aliphatic rings. The van der Waals surface area contributed by atoms with Crippen molar-refractivity contribution < 1.29 is 8.78 Å². The molecule has 21 heavy (non-hydrogen) atoms. The van der Waals surface area contributed by atoms with Crippen LogP contribution >= 0.6 is 11.8 Å². The zero-order valence-corrected chi connectivity index (χ0v) is 12.5. The lowest BCUT2D eigenvalue weighted by Crippen LogP contribution is -2.25. The third kappa shape index (κ3) is 3.78. The molecule has 0 spiro atoms. The van der Waals surface area contributed by atoms with Crippen molar-refractivity contribution in [2.45, 2.75) is 23.9 Å². The van der Waals surface area contributed by atoms with Crippen LogP contribution in [0.3, 0.4) is 0 Å². The number of nitrogens with zero attached hydrogens (tertiary/aromatic N) is 4. The van der Waals surface area contributed by atoms with E-state index in [0.29, 0.717) is 5.95 Å². The first-order valence-corrected chi connectivity index (χ1v) is 7.24. The van der Waals surface area contributed by atoms with Gasteiger partial charge in [0, 0.05) is 19.2 Å². The van der Waals surface area contributed by atoms with Gasteiger partial charge in [0.15, 0.2) is 5.16 Å². The maximum atomic E-state index is 13.7. The largest absolute Gasteiger partial charge is 0.368 e. The molecule has 0 radical (unpaired) electrons. The molecule has 0 unspecified atom stereocenters. The summed E-state index contributed by atoms with van der Waals surface area (Å²) in [4.78, 5) is 14.4. The summed E-state index contributed by atoms with van der Waals surface area (Å²) in [6, 6.07) is 3.34. The molecule has 0 fully saturated rings. The van der Waals surface area contributed by atoms with Gasteiger partial charge in [-0.25, -0.2) is 8.78 Å². The summed E-state index contributed by atoms with van der Waals surface area (Å²) in [5, 5.41) is 0.273. The number of nitrogens with two attached hydrogens (primary N) is 1. The molecule has 8 heteroatoms. The van der Waals surface area contributed by atoms with E-state index in [0.717, 1.165) is 30.9 Å². The van der Waals surface area contributed by atoms with Crippen LogP contribution in [0.25, 0.3) is 0 Å². The average Bonchev–Trinajstić information content (AvgIpc) is 2.43. The zero-order valence-electron chi connectivity index (χ0n) is 11.7. The molecule has 0 saturated carbocycles. The van der Waals surface area contributed by atoms with E-state index in [1.165, 1.54) is 12.1 Å². The third-order valence-corrected chi connectivity index (χ3v) is 3.68. The van der Waals surface area contributed by atoms with E-state index < -0.39 is 11.6 Å². The summed E-state index contributed by atoms with van der Waals surface area (Å²) in [5.74, 6) is -0.784. The summed E-state index contributed by atoms with van der Waals surface area (Å²) in [7, 11) is 0. The minimum Gasteiger partial charge on any atom is -0.368 e. The van der Waals surface area contributed by atoms with Crippen molar-refractivity contribution in [3.8, 4) is 0 Å². The molecule has 112 valence electrons. The molecule has 2 rings (SSSR count). The number of halogens is 2. The molecule has 1 heterocycles. The van der Waals surface area contributed by atoms with Crippen molar-refractivity contribution in [2.75, 3.05) is 23.7 Å². The molecule has 1 aromatic carbocycles. The SMILES string of the molecule is CCN(CC)c1nc(N)nc(Sc2ccc(F)cc2F)n1. The Hall–Kier alpha value is -1.96. The molecule has 0 bridgehead atoms. The molecular formula is C13H15F2N5S. The van der Waals surface area contributed by atoms with E-state index in [4.69, 9.17) is 5.73 Å². The van der Waals surface area contributed by atoms with Crippen LogP contribution in [-0.2, 0) is 0 Å². The Morgan fingerprint density at radius 1 is 1.14 bits per heavy atom. The van der Waals surface area contributed by atoms with Crippen molar-refractivity contribution >= 4 is 23.7 Å². The maximum absolute atomic E-state index is 13.7. The van der Waals surface area contributed by atoms with Crippen LogP contribution in [0.5, 0.6) is 0 Å². The Morgan fingerprint density at radius 2 is 1.86 bits per heavy atom. The molecule has 0 atom stereocenters. The fourth-order valence-corrected chi connectivity index (χ4v) is 2.47. The van der Waals surface area contributed by atoms with E-state index in [1.54, 1.807) is 0 Å². The Kier molecular flexibility index (Phi) is 4.89. The highest BCUT2D eigenvalue weighted by atomic mass is 32.2. The highest BCUT2D eigenvalue weighted by molar-refractivity contribution is 7.99. The van der Waals surface area contributed by atoms with Crippen molar-refractivity contribution in [2.24, 2.45) is 0 Å². The van der Waals surface area contributed by atoms with Gasteiger partial charge in [0.25, 0.3) is 0 Å². The van der Waals surface area contributed by atoms with Crippen LogP contribution in [0.2, 0.25) is 0 Å². The van der Waals surface area contributed by atoms with Crippen molar-refractivity contribution in [3.05, 3.63) is 29.8 Å². The summed E-state index contributed by atoms with van der Waals surface area (Å²) < 4.78 is 26.5. The second-order valence-electron chi connectivity index (χ2n) is 4.13. The molecular weight excluding hydrogens is 296 g/mol. The van der Waals surface area contributed by atoms with E-state index in [2.05, 4.69) is 15.0 Å². The van der Waals surface area contributed by atoms with Crippen LogP contribution in [-0.4, -0.2) is 28.0 Å². The topological polar surface area (TPSA) is 67.9 Å². The standard InChI is InChI=1S/C13H15F2N5S/c1-3-20(4-2)12-17-11(16)18-13(19-12)21-10-6-5-8(14)7-9(10)15/h5-7H,3-4H2,1-2H3,(H2,16,17,18,19). The third-order valence-electron chi connectivity index (χ3n) is 2.76. The van der Waals surface area contributed by atoms with Crippen molar-refractivity contribution in [1.82, 2.24) is 15.0 Å². The minimum absolute atomic E-state index is 0.0666. The van der Waals surface area contributed by atoms with Gasteiger partial charge < -0.3 is 10.6 Å². The lowest BCUT2D eigenvalue weighted by molar-refractivity contribution is 0.565. The van der Waals surface area contributed by atoms with Gasteiger partial charge in [-0.3, -0.25) is 0 Å². The molecule has 2 N–H and O–H groups in total. The molecule has 1 aromatic heterocycles. The molecule has 0 saturated heterocycles. The monoisotopic (exact) mass is 311 g/mol. The van der Waals surface area contributed by atoms with Gasteiger partial charge in [0.1, 0.15) is 11.6 Å². The van der Waals surface area contributed by atoms with Gasteiger partial charge in [-0.2, -0.15) is 15.0 Å². The number of nitrogen functional groups attached to an aromatic ring is 1. The molecule has 5 nitrogen and oxygen atoms in total. The first kappa shape index (κ1) is 15.4. The smallest absolute Gasteiger partial charge is 0.231 e. The molecule has 0 amide bonds.